The summed E-state index contributed by atoms with van der Waals surface area (Å²) in [4.78, 5) is 22.8. The van der Waals surface area contributed by atoms with Crippen LogP contribution in [0, 0.1) is 11.3 Å². The number of methoxy groups -OCH3 is 1. The zero-order valence-corrected chi connectivity index (χ0v) is 38.8. The quantitative estimate of drug-likeness (QED) is 0.0436. The van der Waals surface area contributed by atoms with E-state index in [2.05, 4.69) is 0 Å². The molecule has 0 amide bonds. The first-order valence-electron chi connectivity index (χ1n) is 21.3. The van der Waals surface area contributed by atoms with Crippen LogP contribution >= 0.6 is 7.82 Å². The molecule has 11 N–H and O–H groups in total. The van der Waals surface area contributed by atoms with Gasteiger partial charge in [0.25, 0.3) is 0 Å². The van der Waals surface area contributed by atoms with Crippen molar-refractivity contribution >= 4 is 13.8 Å². The van der Waals surface area contributed by atoms with Gasteiger partial charge in [-0.2, -0.15) is 0 Å². The Hall–Kier alpha value is -1.18. The van der Waals surface area contributed by atoms with Crippen molar-refractivity contribution in [3.63, 3.8) is 0 Å². The van der Waals surface area contributed by atoms with Gasteiger partial charge in [0, 0.05) is 20.0 Å². The second kappa shape index (κ2) is 23.6. The summed E-state index contributed by atoms with van der Waals surface area (Å²) in [7, 11) is -3.90. The Morgan fingerprint density at radius 1 is 0.677 bits per heavy atom. The predicted molar refractivity (Wildman–Crippen MR) is 215 cm³/mol. The Labute approximate surface area is 376 Å². The molecule has 4 heterocycles. The lowest BCUT2D eigenvalue weighted by molar-refractivity contribution is -0.373. The Kier molecular flexibility index (Phi) is 20.5. The molecule has 4 saturated heterocycles. The summed E-state index contributed by atoms with van der Waals surface area (Å²) in [5.74, 6) is -1.82. The largest absolute Gasteiger partial charge is 0.472 e. The van der Waals surface area contributed by atoms with Gasteiger partial charge in [-0.25, -0.2) is 4.57 Å². The molecule has 0 spiro atoms. The second-order valence-corrected chi connectivity index (χ2v) is 20.0. The van der Waals surface area contributed by atoms with Crippen LogP contribution in [0.1, 0.15) is 55.4 Å². The first kappa shape index (κ1) is 56.4. The van der Waals surface area contributed by atoms with Crippen molar-refractivity contribution in [3.8, 4) is 0 Å². The molecule has 0 bridgehead atoms. The van der Waals surface area contributed by atoms with Gasteiger partial charge in [-0.15, -0.1) is 0 Å². The van der Waals surface area contributed by atoms with Gasteiger partial charge in [0.15, 0.2) is 25.0 Å². The minimum absolute atomic E-state index is 0.662. The molecule has 65 heavy (non-hydrogen) atoms. The molecule has 0 aromatic rings. The molecule has 0 aromatic carbocycles. The third-order valence-corrected chi connectivity index (χ3v) is 12.2. The summed E-state index contributed by atoms with van der Waals surface area (Å²) in [6, 6.07) is 0. The van der Waals surface area contributed by atoms with E-state index in [0.29, 0.717) is 0 Å². The highest BCUT2D eigenvalue weighted by molar-refractivity contribution is 7.47. The highest BCUT2D eigenvalue weighted by Crippen LogP contribution is 2.49. The molecule has 0 radical (unpaired) electrons. The summed E-state index contributed by atoms with van der Waals surface area (Å²) < 4.78 is 82.4. The van der Waals surface area contributed by atoms with Gasteiger partial charge < -0.3 is 103 Å². The highest BCUT2D eigenvalue weighted by Gasteiger charge is 2.57. The Morgan fingerprint density at radius 2 is 1.20 bits per heavy atom. The Balaban J connectivity index is 1.60. The van der Waals surface area contributed by atoms with Crippen molar-refractivity contribution in [3.05, 3.63) is 0 Å². The van der Waals surface area contributed by atoms with Gasteiger partial charge in [-0.3, -0.25) is 13.8 Å². The van der Waals surface area contributed by atoms with Crippen LogP contribution in [-0.2, 0) is 65.8 Å². The topological polar surface area (TPSA) is 367 Å². The number of hydrogen-bond acceptors (Lipinski definition) is 24. The van der Waals surface area contributed by atoms with Crippen molar-refractivity contribution in [1.29, 1.82) is 0 Å². The number of aliphatic hydroxyl groups is 10. The highest BCUT2D eigenvalue weighted by atomic mass is 31.2. The van der Waals surface area contributed by atoms with Crippen LogP contribution in [0.3, 0.4) is 0 Å². The van der Waals surface area contributed by atoms with Crippen LogP contribution in [0.4, 0.5) is 0 Å². The molecule has 4 aliphatic rings. The number of aliphatic hydroxyl groups excluding tert-OH is 10. The van der Waals surface area contributed by atoms with Crippen LogP contribution < -0.4 is 0 Å². The molecule has 0 aromatic heterocycles. The zero-order valence-electron chi connectivity index (χ0n) is 37.9. The van der Waals surface area contributed by atoms with Gasteiger partial charge in [0.2, 0.25) is 0 Å². The van der Waals surface area contributed by atoms with E-state index in [4.69, 9.17) is 56.4 Å². The molecule has 22 atom stereocenters. The van der Waals surface area contributed by atoms with Crippen LogP contribution in [0.2, 0.25) is 0 Å². The number of carbonyl (C=O) groups is 1. The lowest BCUT2D eigenvalue weighted by atomic mass is 9.80. The number of ether oxygens (including phenoxy) is 10. The third-order valence-electron chi connectivity index (χ3n) is 11.2. The summed E-state index contributed by atoms with van der Waals surface area (Å²) in [5.41, 5.74) is -1.58. The van der Waals surface area contributed by atoms with E-state index in [0.717, 1.165) is 6.92 Å². The predicted octanol–water partition coefficient (Wildman–Crippen LogP) is -3.84. The molecule has 13 unspecified atom stereocenters. The van der Waals surface area contributed by atoms with Crippen LogP contribution in [0.25, 0.3) is 0 Å². The van der Waals surface area contributed by atoms with Crippen LogP contribution in [0.15, 0.2) is 0 Å². The van der Waals surface area contributed by atoms with Crippen molar-refractivity contribution in [1.82, 2.24) is 0 Å². The number of phosphoric acid groups is 1. The molecule has 4 rings (SSSR count). The van der Waals surface area contributed by atoms with Crippen LogP contribution in [0.5, 0.6) is 0 Å². The average Bonchev–Trinajstić information content (AvgIpc) is 3.22. The van der Waals surface area contributed by atoms with Crippen molar-refractivity contribution in [2.24, 2.45) is 11.3 Å². The standard InChI is InChI=1S/C39H71O25P/c1-16-28(53-9)32(64-65(51,52)55-14-18(45)10-40)22(15-54-36-25(48)24(47)30(20(12-42)58-36)63-39(6,7)8)60-35(16)61-29-19(11-41)59-37(26(49)23(29)46)62-33-27(50)34(38(3,4)5)57-21(13-43)31(33)56-17(2)44/h16,18-37,40-43,45-50H,10-15H2,1-9H3,(H,51,52)/t16?,18?,19?,20?,21?,22?,23?,24?,25?,26?,27?,28-,29+,30-,31+,32-,33?,34-,35-,36-,37-/m1/s1. The smallest absolute Gasteiger partial charge is 0.457 e. The molecule has 0 saturated carbocycles. The SMILES string of the molecule is CO[C@@H]1C(C)[C@@H](O[C@H]2C(CO)O[C@H](OC3C(O)[C@H](C(C)(C)C)OC(CO)[C@@H]3OC(C)=O)C(O)C2O)OC(CO[C@@H]2OC(CO)[C@@H](OC(C)(C)C)C(O)C2O)[C@H]1OP(=O)(O)OCC(O)CO. The first-order chi connectivity index (χ1) is 30.2. The number of rotatable bonds is 19. The summed E-state index contributed by atoms with van der Waals surface area (Å²) in [5, 5.41) is 106. The van der Waals surface area contributed by atoms with Gasteiger partial charge in [0.1, 0.15) is 85.5 Å². The summed E-state index contributed by atoms with van der Waals surface area (Å²) >= 11 is 0. The van der Waals surface area contributed by atoms with Gasteiger partial charge in [-0.1, -0.05) is 27.7 Å². The molecule has 25 nitrogen and oxygen atoms in total. The fourth-order valence-electron chi connectivity index (χ4n) is 8.08. The fraction of sp³-hybridized carbons (Fsp3) is 0.974. The number of hydrogen-bond donors (Lipinski definition) is 11. The maximum atomic E-state index is 13.2. The number of carbonyl (C=O) groups excluding carboxylic acids is 1. The van der Waals surface area contributed by atoms with E-state index in [9.17, 15) is 65.3 Å². The van der Waals surface area contributed by atoms with E-state index >= 15 is 0 Å². The van der Waals surface area contributed by atoms with E-state index in [-0.39, 0.29) is 0 Å². The molecule has 0 aliphatic carbocycles. The molecule has 26 heteroatoms. The lowest BCUT2D eigenvalue weighted by Gasteiger charge is -2.51. The van der Waals surface area contributed by atoms with E-state index in [1.807, 2.05) is 0 Å². The summed E-state index contributed by atoms with van der Waals surface area (Å²) in [6.45, 7) is 8.35. The summed E-state index contributed by atoms with van der Waals surface area (Å²) in [6.07, 6.45) is -30.5. The van der Waals surface area contributed by atoms with E-state index in [1.165, 1.54) is 14.0 Å². The minimum Gasteiger partial charge on any atom is -0.457 e. The van der Waals surface area contributed by atoms with Crippen LogP contribution in [-0.4, -0.2) is 237 Å². The minimum atomic E-state index is -5.11. The molecule has 4 aliphatic heterocycles. The maximum Gasteiger partial charge on any atom is 0.472 e. The van der Waals surface area contributed by atoms with Gasteiger partial charge >= 0.3 is 13.8 Å². The lowest BCUT2D eigenvalue weighted by Crippen LogP contribution is -2.67. The molecule has 4 fully saturated rings. The van der Waals surface area contributed by atoms with Crippen molar-refractivity contribution < 1.29 is 122 Å². The molecular formula is C39H71O25P. The molecule has 382 valence electrons. The van der Waals surface area contributed by atoms with Gasteiger partial charge in [0.05, 0.1) is 57.5 Å². The van der Waals surface area contributed by atoms with E-state index in [1.54, 1.807) is 41.5 Å². The second-order valence-electron chi connectivity index (χ2n) is 18.6. The maximum absolute atomic E-state index is 13.2. The van der Waals surface area contributed by atoms with Crippen molar-refractivity contribution in [2.45, 2.75) is 184 Å². The Bertz CT molecular complexity index is 1510. The first-order valence-corrected chi connectivity index (χ1v) is 22.8. The van der Waals surface area contributed by atoms with Crippen molar-refractivity contribution in [2.75, 3.05) is 46.8 Å². The normalized spacial score (nSPS) is 42.3. The monoisotopic (exact) mass is 970 g/mol. The third kappa shape index (κ3) is 14.2. The fourth-order valence-corrected chi connectivity index (χ4v) is 9.06. The average molecular weight is 971 g/mol. The zero-order chi connectivity index (χ0) is 48.9. The number of phosphoric ester groups is 1. The van der Waals surface area contributed by atoms with Gasteiger partial charge in [-0.05, 0) is 26.2 Å². The molecular weight excluding hydrogens is 899 g/mol. The Morgan fingerprint density at radius 3 is 1.74 bits per heavy atom. The number of esters is 1. The van der Waals surface area contributed by atoms with E-state index < -0.39 is 193 Å².